The van der Waals surface area contributed by atoms with E-state index in [0.29, 0.717) is 17.4 Å². The predicted molar refractivity (Wildman–Crippen MR) is 84.5 cm³/mol. The third-order valence-electron chi connectivity index (χ3n) is 3.43. The second-order valence-electron chi connectivity index (χ2n) is 5.54. The summed E-state index contributed by atoms with van der Waals surface area (Å²) < 4.78 is 26.9. The van der Waals surface area contributed by atoms with Gasteiger partial charge in [-0.1, -0.05) is 58.6 Å². The predicted octanol–water partition coefficient (Wildman–Crippen LogP) is 4.06. The Morgan fingerprint density at radius 1 is 1.00 bits per heavy atom. The Hall–Kier alpha value is -0.870. The molecule has 1 aromatic carbocycles. The molecular weight excluding hydrogens is 270 g/mol. The first-order chi connectivity index (χ1) is 9.47. The van der Waals surface area contributed by atoms with Gasteiger partial charge in [-0.2, -0.15) is 0 Å². The van der Waals surface area contributed by atoms with Crippen molar-refractivity contribution in [2.24, 2.45) is 0 Å². The molecule has 1 aromatic rings. The lowest BCUT2D eigenvalue weighted by Crippen LogP contribution is -2.24. The van der Waals surface area contributed by atoms with E-state index in [2.05, 4.69) is 25.5 Å². The topological polar surface area (TPSA) is 46.2 Å². The Morgan fingerprint density at radius 3 is 2.15 bits per heavy atom. The van der Waals surface area contributed by atoms with Crippen molar-refractivity contribution >= 4 is 10.0 Å². The van der Waals surface area contributed by atoms with E-state index in [9.17, 15) is 8.42 Å². The number of hydrogen-bond acceptors (Lipinski definition) is 2. The van der Waals surface area contributed by atoms with Crippen molar-refractivity contribution in [1.82, 2.24) is 4.72 Å². The fourth-order valence-corrected chi connectivity index (χ4v) is 3.12. The zero-order valence-electron chi connectivity index (χ0n) is 12.9. The van der Waals surface area contributed by atoms with E-state index in [1.165, 1.54) is 19.3 Å². The number of hydrogen-bond donors (Lipinski definition) is 1. The van der Waals surface area contributed by atoms with Crippen LogP contribution in [0.2, 0.25) is 0 Å². The van der Waals surface area contributed by atoms with Crippen LogP contribution in [0.5, 0.6) is 0 Å². The van der Waals surface area contributed by atoms with Crippen molar-refractivity contribution in [3.05, 3.63) is 29.8 Å². The van der Waals surface area contributed by atoms with Crippen molar-refractivity contribution in [1.29, 1.82) is 0 Å². The first kappa shape index (κ1) is 17.2. The maximum Gasteiger partial charge on any atom is 0.240 e. The van der Waals surface area contributed by atoms with E-state index >= 15 is 0 Å². The maximum atomic E-state index is 12.1. The molecule has 0 fully saturated rings. The fraction of sp³-hybridized carbons (Fsp3) is 0.625. The third kappa shape index (κ3) is 5.63. The molecule has 1 N–H and O–H groups in total. The quantitative estimate of drug-likeness (QED) is 0.699. The molecule has 0 saturated carbocycles. The van der Waals surface area contributed by atoms with Crippen LogP contribution < -0.4 is 4.72 Å². The van der Waals surface area contributed by atoms with Gasteiger partial charge in [-0.05, 0) is 30.0 Å². The van der Waals surface area contributed by atoms with Gasteiger partial charge in [0.25, 0.3) is 0 Å². The van der Waals surface area contributed by atoms with Crippen LogP contribution in [0, 0.1) is 0 Å². The summed E-state index contributed by atoms with van der Waals surface area (Å²) in [6, 6.07) is 7.16. The van der Waals surface area contributed by atoms with Crippen LogP contribution in [-0.2, 0) is 10.0 Å². The van der Waals surface area contributed by atoms with Crippen molar-refractivity contribution in [2.75, 3.05) is 6.54 Å². The highest BCUT2D eigenvalue weighted by Crippen LogP contribution is 2.17. The lowest BCUT2D eigenvalue weighted by molar-refractivity contribution is 0.571. The van der Waals surface area contributed by atoms with Gasteiger partial charge in [-0.25, -0.2) is 13.1 Å². The zero-order chi connectivity index (χ0) is 15.0. The molecule has 0 amide bonds. The number of rotatable bonds is 9. The minimum atomic E-state index is -3.35. The SMILES string of the molecule is CCCCCCCNS(=O)(=O)c1ccc(C(C)C)cc1. The minimum Gasteiger partial charge on any atom is -0.211 e. The molecule has 4 heteroatoms. The lowest BCUT2D eigenvalue weighted by Gasteiger charge is -2.09. The van der Waals surface area contributed by atoms with Crippen molar-refractivity contribution in [2.45, 2.75) is 63.7 Å². The van der Waals surface area contributed by atoms with E-state index in [-0.39, 0.29) is 0 Å². The van der Waals surface area contributed by atoms with Crippen LogP contribution in [0.3, 0.4) is 0 Å². The van der Waals surface area contributed by atoms with E-state index in [1.54, 1.807) is 12.1 Å². The Balaban J connectivity index is 2.47. The van der Waals surface area contributed by atoms with Crippen molar-refractivity contribution in [3.63, 3.8) is 0 Å². The fourth-order valence-electron chi connectivity index (χ4n) is 2.05. The molecule has 1 rings (SSSR count). The van der Waals surface area contributed by atoms with Gasteiger partial charge in [-0.15, -0.1) is 0 Å². The number of sulfonamides is 1. The molecule has 0 bridgehead atoms. The Bertz CT molecular complexity index is 478. The molecule has 0 aromatic heterocycles. The summed E-state index contributed by atoms with van der Waals surface area (Å²) in [5, 5.41) is 0. The molecule has 3 nitrogen and oxygen atoms in total. The highest BCUT2D eigenvalue weighted by molar-refractivity contribution is 7.89. The van der Waals surface area contributed by atoms with Crippen molar-refractivity contribution < 1.29 is 8.42 Å². The Morgan fingerprint density at radius 2 is 1.60 bits per heavy atom. The first-order valence-electron chi connectivity index (χ1n) is 7.57. The van der Waals surface area contributed by atoms with Crippen LogP contribution in [0.1, 0.15) is 64.4 Å². The minimum absolute atomic E-state index is 0.357. The van der Waals surface area contributed by atoms with Gasteiger partial charge in [0, 0.05) is 6.54 Å². The summed E-state index contributed by atoms with van der Waals surface area (Å²) in [6.07, 6.45) is 5.60. The highest BCUT2D eigenvalue weighted by Gasteiger charge is 2.13. The molecule has 0 heterocycles. The summed E-state index contributed by atoms with van der Waals surface area (Å²) in [5.41, 5.74) is 1.16. The second-order valence-corrected chi connectivity index (χ2v) is 7.30. The van der Waals surface area contributed by atoms with Crippen molar-refractivity contribution in [3.8, 4) is 0 Å². The molecule has 20 heavy (non-hydrogen) atoms. The molecule has 0 aliphatic rings. The standard InChI is InChI=1S/C16H27NO2S/c1-4-5-6-7-8-13-17-20(18,19)16-11-9-15(10-12-16)14(2)3/h9-12,14,17H,4-8,13H2,1-3H3. The monoisotopic (exact) mass is 297 g/mol. The van der Waals surface area contributed by atoms with Crippen LogP contribution in [-0.4, -0.2) is 15.0 Å². The van der Waals surface area contributed by atoms with E-state index < -0.39 is 10.0 Å². The van der Waals surface area contributed by atoms with Gasteiger partial charge in [0.1, 0.15) is 0 Å². The normalized spacial score (nSPS) is 12.0. The molecule has 0 atom stereocenters. The largest absolute Gasteiger partial charge is 0.240 e. The van der Waals surface area contributed by atoms with E-state index in [1.807, 2.05) is 12.1 Å². The molecule has 114 valence electrons. The lowest BCUT2D eigenvalue weighted by atomic mass is 10.0. The Kier molecular flexibility index (Phi) is 7.24. The summed E-state index contributed by atoms with van der Waals surface area (Å²) in [6.45, 7) is 6.89. The summed E-state index contributed by atoms with van der Waals surface area (Å²) in [5.74, 6) is 0.415. The van der Waals surface area contributed by atoms with Crippen LogP contribution in [0.25, 0.3) is 0 Å². The van der Waals surface area contributed by atoms with Crippen LogP contribution in [0.15, 0.2) is 29.2 Å². The summed E-state index contributed by atoms with van der Waals surface area (Å²) in [7, 11) is -3.35. The zero-order valence-corrected chi connectivity index (χ0v) is 13.7. The number of benzene rings is 1. The van der Waals surface area contributed by atoms with E-state index in [0.717, 1.165) is 18.4 Å². The third-order valence-corrected chi connectivity index (χ3v) is 4.91. The first-order valence-corrected chi connectivity index (χ1v) is 9.05. The number of nitrogens with one attached hydrogen (secondary N) is 1. The number of unbranched alkanes of at least 4 members (excludes halogenated alkanes) is 4. The molecule has 0 spiro atoms. The van der Waals surface area contributed by atoms with Gasteiger partial charge in [0.2, 0.25) is 10.0 Å². The van der Waals surface area contributed by atoms with Gasteiger partial charge in [-0.3, -0.25) is 0 Å². The van der Waals surface area contributed by atoms with Gasteiger partial charge >= 0.3 is 0 Å². The van der Waals surface area contributed by atoms with E-state index in [4.69, 9.17) is 0 Å². The average molecular weight is 297 g/mol. The molecule has 0 aliphatic heterocycles. The van der Waals surface area contributed by atoms with Gasteiger partial charge in [0.15, 0.2) is 0 Å². The molecule has 0 saturated heterocycles. The Labute approximate surface area is 123 Å². The van der Waals surface area contributed by atoms with Gasteiger partial charge < -0.3 is 0 Å². The molecular formula is C16H27NO2S. The summed E-state index contributed by atoms with van der Waals surface area (Å²) >= 11 is 0. The van der Waals surface area contributed by atoms with Crippen LogP contribution in [0.4, 0.5) is 0 Å². The highest BCUT2D eigenvalue weighted by atomic mass is 32.2. The van der Waals surface area contributed by atoms with Crippen LogP contribution >= 0.6 is 0 Å². The second kappa shape index (κ2) is 8.42. The maximum absolute atomic E-state index is 12.1. The molecule has 0 radical (unpaired) electrons. The summed E-state index contributed by atoms with van der Waals surface area (Å²) in [4.78, 5) is 0.357. The average Bonchev–Trinajstić information content (AvgIpc) is 2.43. The smallest absolute Gasteiger partial charge is 0.211 e. The molecule has 0 unspecified atom stereocenters. The van der Waals surface area contributed by atoms with Gasteiger partial charge in [0.05, 0.1) is 4.90 Å². The molecule has 0 aliphatic carbocycles.